The third-order valence-corrected chi connectivity index (χ3v) is 6.23. The van der Waals surface area contributed by atoms with Crippen LogP contribution in [0.25, 0.3) is 0 Å². The summed E-state index contributed by atoms with van der Waals surface area (Å²) in [6, 6.07) is 2.54. The molecule has 0 spiro atoms. The van der Waals surface area contributed by atoms with E-state index in [-0.39, 0.29) is 16.0 Å². The predicted molar refractivity (Wildman–Crippen MR) is 79.1 cm³/mol. The Kier molecular flexibility index (Phi) is 4.82. The van der Waals surface area contributed by atoms with Crippen LogP contribution in [0.3, 0.4) is 0 Å². The van der Waals surface area contributed by atoms with Gasteiger partial charge in [0.1, 0.15) is 10.3 Å². The van der Waals surface area contributed by atoms with E-state index in [1.807, 2.05) is 13.8 Å². The average molecular weight is 316 g/mol. The zero-order valence-electron chi connectivity index (χ0n) is 11.7. The number of thiophene rings is 1. The largest absolute Gasteiger partial charge is 0.341 e. The quantitative estimate of drug-likeness (QED) is 0.898. The molecule has 0 aliphatic carbocycles. The first kappa shape index (κ1) is 15.5. The number of likely N-dealkylation sites (tertiary alicyclic amines) is 1. The molecule has 2 heterocycles. The Labute approximate surface area is 124 Å². The van der Waals surface area contributed by atoms with E-state index in [0.717, 1.165) is 37.3 Å². The first-order chi connectivity index (χ1) is 9.42. The molecule has 1 aromatic rings. The molecule has 1 saturated heterocycles. The summed E-state index contributed by atoms with van der Waals surface area (Å²) >= 11 is 1.15. The van der Waals surface area contributed by atoms with Gasteiger partial charge in [0.15, 0.2) is 0 Å². The Hall–Kier alpha value is -0.920. The maximum atomic E-state index is 12.4. The van der Waals surface area contributed by atoms with Gasteiger partial charge in [-0.1, -0.05) is 19.9 Å². The third kappa shape index (κ3) is 3.39. The van der Waals surface area contributed by atoms with Gasteiger partial charge in [-0.3, -0.25) is 4.79 Å². The number of carbonyl (C=O) groups is 1. The minimum atomic E-state index is -3.61. The van der Waals surface area contributed by atoms with E-state index in [9.17, 15) is 13.2 Å². The van der Waals surface area contributed by atoms with Gasteiger partial charge in [0.05, 0.1) is 0 Å². The Bertz CT molecular complexity index is 546. The smallest absolute Gasteiger partial charge is 0.250 e. The van der Waals surface area contributed by atoms with Crippen LogP contribution in [-0.4, -0.2) is 38.4 Å². The molecule has 1 amide bonds. The van der Waals surface area contributed by atoms with Gasteiger partial charge in [0, 0.05) is 13.1 Å². The van der Waals surface area contributed by atoms with Gasteiger partial charge >= 0.3 is 0 Å². The van der Waals surface area contributed by atoms with Crippen molar-refractivity contribution in [2.24, 2.45) is 5.92 Å². The van der Waals surface area contributed by atoms with Crippen molar-refractivity contribution in [3.8, 4) is 0 Å². The van der Waals surface area contributed by atoms with Crippen LogP contribution < -0.4 is 4.72 Å². The second-order valence-electron chi connectivity index (χ2n) is 5.31. The summed E-state index contributed by atoms with van der Waals surface area (Å²) in [5, 5.41) is 1.71. The molecule has 0 saturated carbocycles. The van der Waals surface area contributed by atoms with Crippen LogP contribution in [0.5, 0.6) is 0 Å². The van der Waals surface area contributed by atoms with Gasteiger partial charge in [0.25, 0.3) is 10.0 Å². The van der Waals surface area contributed by atoms with Crippen LogP contribution >= 0.6 is 11.3 Å². The average Bonchev–Trinajstić information content (AvgIpc) is 3.06. The van der Waals surface area contributed by atoms with Gasteiger partial charge in [-0.05, 0) is 30.2 Å². The van der Waals surface area contributed by atoms with Crippen LogP contribution in [0.1, 0.15) is 26.7 Å². The van der Waals surface area contributed by atoms with Crippen LogP contribution in [0.2, 0.25) is 0 Å². The Morgan fingerprint density at radius 3 is 2.50 bits per heavy atom. The zero-order chi connectivity index (χ0) is 14.8. The third-order valence-electron chi connectivity index (χ3n) is 3.39. The molecule has 1 aliphatic rings. The maximum absolute atomic E-state index is 12.4. The topological polar surface area (TPSA) is 66.5 Å². The van der Waals surface area contributed by atoms with Crippen molar-refractivity contribution in [1.82, 2.24) is 9.62 Å². The second-order valence-corrected chi connectivity index (χ2v) is 8.20. The van der Waals surface area contributed by atoms with Gasteiger partial charge in [-0.2, -0.15) is 4.72 Å². The van der Waals surface area contributed by atoms with Crippen molar-refractivity contribution in [3.63, 3.8) is 0 Å². The van der Waals surface area contributed by atoms with Crippen molar-refractivity contribution in [3.05, 3.63) is 17.5 Å². The van der Waals surface area contributed by atoms with Crippen LogP contribution in [0, 0.1) is 5.92 Å². The number of hydrogen-bond donors (Lipinski definition) is 1. The normalized spacial score (nSPS) is 17.6. The fourth-order valence-corrected chi connectivity index (χ4v) is 4.59. The van der Waals surface area contributed by atoms with Crippen molar-refractivity contribution in [2.45, 2.75) is 36.9 Å². The summed E-state index contributed by atoms with van der Waals surface area (Å²) in [6.07, 6.45) is 1.99. The minimum Gasteiger partial charge on any atom is -0.341 e. The van der Waals surface area contributed by atoms with Crippen molar-refractivity contribution >= 4 is 27.3 Å². The Morgan fingerprint density at radius 2 is 2.00 bits per heavy atom. The van der Waals surface area contributed by atoms with Crippen LogP contribution in [0.15, 0.2) is 21.7 Å². The number of sulfonamides is 1. The summed E-state index contributed by atoms with van der Waals surface area (Å²) in [6.45, 7) is 5.16. The molecule has 1 aromatic heterocycles. The van der Waals surface area contributed by atoms with E-state index >= 15 is 0 Å². The standard InChI is InChI=1S/C13H20N2O3S2/c1-10(2)12(13(16)15-7-3-4-8-15)14-20(17,18)11-6-5-9-19-11/h5-6,9-10,12,14H,3-4,7-8H2,1-2H3/t12-/m0/s1. The number of hydrogen-bond acceptors (Lipinski definition) is 4. The fourth-order valence-electron chi connectivity index (χ4n) is 2.25. The molecule has 1 atom stereocenters. The molecule has 0 unspecified atom stereocenters. The first-order valence-corrected chi connectivity index (χ1v) is 9.13. The van der Waals surface area contributed by atoms with Crippen molar-refractivity contribution < 1.29 is 13.2 Å². The van der Waals surface area contributed by atoms with Crippen LogP contribution in [0.4, 0.5) is 0 Å². The lowest BCUT2D eigenvalue weighted by atomic mass is 10.0. The molecule has 1 fully saturated rings. The molecule has 112 valence electrons. The van der Waals surface area contributed by atoms with E-state index in [0.29, 0.717) is 0 Å². The summed E-state index contributed by atoms with van der Waals surface area (Å²) in [7, 11) is -3.61. The summed E-state index contributed by atoms with van der Waals surface area (Å²) in [5.74, 6) is -0.199. The molecule has 1 aliphatic heterocycles. The van der Waals surface area contributed by atoms with Gasteiger partial charge in [0.2, 0.25) is 5.91 Å². The lowest BCUT2D eigenvalue weighted by Gasteiger charge is -2.26. The molecule has 2 rings (SSSR count). The molecular formula is C13H20N2O3S2. The molecule has 0 radical (unpaired) electrons. The Balaban J connectivity index is 2.15. The lowest BCUT2D eigenvalue weighted by Crippen LogP contribution is -2.50. The number of nitrogens with one attached hydrogen (secondary N) is 1. The summed E-state index contributed by atoms with van der Waals surface area (Å²) in [4.78, 5) is 14.2. The van der Waals surface area contributed by atoms with E-state index in [2.05, 4.69) is 4.72 Å². The second kappa shape index (κ2) is 6.24. The monoisotopic (exact) mass is 316 g/mol. The van der Waals surface area contributed by atoms with E-state index in [1.165, 1.54) is 0 Å². The highest BCUT2D eigenvalue weighted by Crippen LogP contribution is 2.19. The molecular weight excluding hydrogens is 296 g/mol. The number of rotatable bonds is 5. The summed E-state index contributed by atoms with van der Waals surface area (Å²) in [5.41, 5.74) is 0. The first-order valence-electron chi connectivity index (χ1n) is 6.76. The van der Waals surface area contributed by atoms with Gasteiger partial charge in [-0.25, -0.2) is 8.42 Å². The molecule has 1 N–H and O–H groups in total. The highest BCUT2D eigenvalue weighted by atomic mass is 32.2. The predicted octanol–water partition coefficient (Wildman–Crippen LogP) is 1.67. The van der Waals surface area contributed by atoms with Gasteiger partial charge < -0.3 is 4.90 Å². The minimum absolute atomic E-state index is 0.0853. The van der Waals surface area contributed by atoms with Crippen LogP contribution in [-0.2, 0) is 14.8 Å². The van der Waals surface area contributed by atoms with E-state index in [1.54, 1.807) is 22.4 Å². The molecule has 5 nitrogen and oxygen atoms in total. The zero-order valence-corrected chi connectivity index (χ0v) is 13.3. The number of amides is 1. The number of carbonyl (C=O) groups excluding carboxylic acids is 1. The van der Waals surface area contributed by atoms with Gasteiger partial charge in [-0.15, -0.1) is 11.3 Å². The SMILES string of the molecule is CC(C)[C@H](NS(=O)(=O)c1cccs1)C(=O)N1CCCC1. The molecule has 7 heteroatoms. The van der Waals surface area contributed by atoms with Crippen molar-refractivity contribution in [1.29, 1.82) is 0 Å². The number of nitrogens with zero attached hydrogens (tertiary/aromatic N) is 1. The fraction of sp³-hybridized carbons (Fsp3) is 0.615. The Morgan fingerprint density at radius 1 is 1.35 bits per heavy atom. The summed E-state index contributed by atoms with van der Waals surface area (Å²) < 4.78 is 27.3. The molecule has 20 heavy (non-hydrogen) atoms. The van der Waals surface area contributed by atoms with Crippen molar-refractivity contribution in [2.75, 3.05) is 13.1 Å². The molecule has 0 aromatic carbocycles. The lowest BCUT2D eigenvalue weighted by molar-refractivity contribution is -0.132. The van der Waals surface area contributed by atoms with E-state index in [4.69, 9.17) is 0 Å². The van der Waals surface area contributed by atoms with E-state index < -0.39 is 16.1 Å². The highest BCUT2D eigenvalue weighted by Gasteiger charge is 2.32. The highest BCUT2D eigenvalue weighted by molar-refractivity contribution is 7.91. The maximum Gasteiger partial charge on any atom is 0.250 e. The molecule has 0 bridgehead atoms.